The zero-order chi connectivity index (χ0) is 23.3. The Balaban J connectivity index is 1.21. The van der Waals surface area contributed by atoms with Crippen LogP contribution in [0.1, 0.15) is 27.9 Å². The van der Waals surface area contributed by atoms with E-state index in [1.54, 1.807) is 12.1 Å². The average molecular weight is 444 g/mol. The topological polar surface area (TPSA) is 92.8 Å². The van der Waals surface area contributed by atoms with Gasteiger partial charge in [0.25, 0.3) is 5.91 Å². The van der Waals surface area contributed by atoms with Gasteiger partial charge in [0.2, 0.25) is 11.8 Å². The minimum Gasteiger partial charge on any atom is -0.452 e. The van der Waals surface area contributed by atoms with E-state index in [-0.39, 0.29) is 41.0 Å². The van der Waals surface area contributed by atoms with E-state index in [9.17, 15) is 19.2 Å². The number of nitrogens with one attached hydrogen (secondary N) is 1. The molecule has 1 saturated carbocycles. The van der Waals surface area contributed by atoms with Gasteiger partial charge in [-0.3, -0.25) is 19.3 Å². The average Bonchev–Trinajstić information content (AvgIpc) is 3.48. The smallest absolute Gasteiger partial charge is 0.338 e. The van der Waals surface area contributed by atoms with Crippen molar-refractivity contribution in [3.63, 3.8) is 0 Å². The summed E-state index contributed by atoms with van der Waals surface area (Å²) in [6.07, 6.45) is 4.98. The molecule has 1 heterocycles. The molecular weight excluding hydrogens is 420 g/mol. The van der Waals surface area contributed by atoms with Crippen LogP contribution in [0.3, 0.4) is 0 Å². The molecule has 33 heavy (non-hydrogen) atoms. The van der Waals surface area contributed by atoms with Gasteiger partial charge in [0.1, 0.15) is 0 Å². The maximum absolute atomic E-state index is 12.9. The number of hydrogen-bond donors (Lipinski definition) is 1. The first-order chi connectivity index (χ1) is 15.8. The number of para-hydroxylation sites is 1. The van der Waals surface area contributed by atoms with Crippen molar-refractivity contribution < 1.29 is 23.9 Å². The third kappa shape index (κ3) is 3.53. The van der Waals surface area contributed by atoms with E-state index in [2.05, 4.69) is 17.5 Å². The van der Waals surface area contributed by atoms with Crippen molar-refractivity contribution in [2.24, 2.45) is 23.7 Å². The van der Waals surface area contributed by atoms with Gasteiger partial charge in [0.05, 0.1) is 23.1 Å². The lowest BCUT2D eigenvalue weighted by atomic mass is 9.85. The molecule has 4 atom stereocenters. The molecule has 1 aliphatic heterocycles. The number of esters is 1. The zero-order valence-electron chi connectivity index (χ0n) is 18.4. The molecule has 3 amide bonds. The third-order valence-electron chi connectivity index (χ3n) is 6.91. The Hall–Kier alpha value is -3.74. The Morgan fingerprint density at radius 2 is 1.52 bits per heavy atom. The van der Waals surface area contributed by atoms with Crippen molar-refractivity contribution in [2.75, 3.05) is 16.8 Å². The van der Waals surface area contributed by atoms with Gasteiger partial charge in [-0.15, -0.1) is 0 Å². The van der Waals surface area contributed by atoms with Gasteiger partial charge in [-0.05, 0) is 67.5 Å². The quantitative estimate of drug-likeness (QED) is 0.433. The Morgan fingerprint density at radius 1 is 0.939 bits per heavy atom. The predicted molar refractivity (Wildman–Crippen MR) is 121 cm³/mol. The highest BCUT2D eigenvalue weighted by atomic mass is 16.5. The number of benzene rings is 2. The molecule has 5 rings (SSSR count). The van der Waals surface area contributed by atoms with Gasteiger partial charge in [0.15, 0.2) is 6.61 Å². The molecule has 0 unspecified atom stereocenters. The molecule has 2 aromatic carbocycles. The molecule has 1 N–H and O–H groups in total. The molecule has 0 radical (unpaired) electrons. The molecular formula is C26H24N2O5. The van der Waals surface area contributed by atoms with Gasteiger partial charge in [0, 0.05) is 5.69 Å². The molecule has 7 nitrogen and oxygen atoms in total. The molecule has 2 aliphatic carbocycles. The lowest BCUT2D eigenvalue weighted by Gasteiger charge is -2.17. The summed E-state index contributed by atoms with van der Waals surface area (Å²) in [4.78, 5) is 51.7. The minimum absolute atomic E-state index is 0.144. The highest BCUT2D eigenvalue weighted by Crippen LogP contribution is 2.53. The second-order valence-electron chi connectivity index (χ2n) is 8.95. The molecule has 0 spiro atoms. The molecule has 2 bridgehead atoms. The monoisotopic (exact) mass is 444 g/mol. The second kappa shape index (κ2) is 7.99. The van der Waals surface area contributed by atoms with Gasteiger partial charge in [-0.1, -0.05) is 30.4 Å². The number of ether oxygens (including phenoxy) is 1. The first kappa shape index (κ1) is 21.1. The number of hydrogen-bond acceptors (Lipinski definition) is 5. The van der Waals surface area contributed by atoms with Crippen LogP contribution in [0.15, 0.2) is 54.6 Å². The van der Waals surface area contributed by atoms with Gasteiger partial charge in [-0.25, -0.2) is 4.79 Å². The number of nitrogens with zero attached hydrogens (tertiary/aromatic N) is 1. The van der Waals surface area contributed by atoms with E-state index in [0.29, 0.717) is 11.4 Å². The number of carbonyl (C=O) groups excluding carboxylic acids is 4. The summed E-state index contributed by atoms with van der Waals surface area (Å²) in [5, 5.41) is 2.77. The standard InChI is InChI=1S/C26H24N2O5/c1-14-4-3-5-15(2)23(14)27-20(29)13-33-26(32)16-8-10-19(11-9-16)28-24(30)21-17-6-7-18(12-17)22(21)25(28)31/h3-11,17-18,21-22H,12-13H2,1-2H3,(H,27,29)/t17-,18-,21-,22+/m0/s1. The van der Waals surface area contributed by atoms with E-state index >= 15 is 0 Å². The first-order valence-corrected chi connectivity index (χ1v) is 11.0. The SMILES string of the molecule is Cc1cccc(C)c1NC(=O)COC(=O)c1ccc(N2C(=O)[C@@H]3[C@H](C2=O)[C@H]2C=C[C@H]3C2)cc1. The van der Waals surface area contributed by atoms with Crippen LogP contribution in [0.4, 0.5) is 11.4 Å². The van der Waals surface area contributed by atoms with Crippen LogP contribution in [0, 0.1) is 37.5 Å². The van der Waals surface area contributed by atoms with Crippen molar-refractivity contribution in [1.29, 1.82) is 0 Å². The number of amides is 3. The molecule has 1 saturated heterocycles. The van der Waals surface area contributed by atoms with Crippen molar-refractivity contribution in [3.8, 4) is 0 Å². The minimum atomic E-state index is -0.656. The van der Waals surface area contributed by atoms with Crippen molar-refractivity contribution in [1.82, 2.24) is 0 Å². The molecule has 7 heteroatoms. The van der Waals surface area contributed by atoms with Crippen LogP contribution in [0.5, 0.6) is 0 Å². The summed E-state index contributed by atoms with van der Waals surface area (Å²) in [5.41, 5.74) is 3.23. The van der Waals surface area contributed by atoms with E-state index in [0.717, 1.165) is 17.5 Å². The van der Waals surface area contributed by atoms with E-state index < -0.39 is 18.5 Å². The van der Waals surface area contributed by atoms with Crippen LogP contribution >= 0.6 is 0 Å². The molecule has 2 fully saturated rings. The van der Waals surface area contributed by atoms with E-state index in [1.807, 2.05) is 32.0 Å². The maximum atomic E-state index is 12.9. The summed E-state index contributed by atoms with van der Waals surface area (Å²) in [5.74, 6) is -1.67. The van der Waals surface area contributed by atoms with Crippen LogP contribution in [-0.2, 0) is 19.1 Å². The number of aryl methyl sites for hydroxylation is 2. The Morgan fingerprint density at radius 3 is 2.09 bits per heavy atom. The summed E-state index contributed by atoms with van der Waals surface area (Å²) < 4.78 is 5.14. The fraction of sp³-hybridized carbons (Fsp3) is 0.308. The predicted octanol–water partition coefficient (Wildman–Crippen LogP) is 3.41. The van der Waals surface area contributed by atoms with Crippen molar-refractivity contribution >= 4 is 35.1 Å². The lowest BCUT2D eigenvalue weighted by molar-refractivity contribution is -0.123. The highest BCUT2D eigenvalue weighted by Gasteiger charge is 2.59. The van der Waals surface area contributed by atoms with Crippen molar-refractivity contribution in [2.45, 2.75) is 20.3 Å². The van der Waals surface area contributed by atoms with Crippen LogP contribution in [-0.4, -0.2) is 30.3 Å². The van der Waals surface area contributed by atoms with Gasteiger partial charge < -0.3 is 10.1 Å². The van der Waals surface area contributed by atoms with E-state index in [4.69, 9.17) is 4.74 Å². The van der Waals surface area contributed by atoms with E-state index in [1.165, 1.54) is 17.0 Å². The highest BCUT2D eigenvalue weighted by molar-refractivity contribution is 6.22. The van der Waals surface area contributed by atoms with Crippen LogP contribution < -0.4 is 10.2 Å². The van der Waals surface area contributed by atoms with Crippen molar-refractivity contribution in [3.05, 3.63) is 71.3 Å². The Bertz CT molecular complexity index is 1150. The zero-order valence-corrected chi connectivity index (χ0v) is 18.4. The number of rotatable bonds is 5. The lowest BCUT2D eigenvalue weighted by Crippen LogP contribution is -2.32. The fourth-order valence-corrected chi connectivity index (χ4v) is 5.30. The number of anilines is 2. The molecule has 2 aromatic rings. The Kier molecular flexibility index (Phi) is 5.12. The molecule has 168 valence electrons. The largest absolute Gasteiger partial charge is 0.452 e. The summed E-state index contributed by atoms with van der Waals surface area (Å²) in [6.45, 7) is 3.36. The number of imide groups is 1. The van der Waals surface area contributed by atoms with Gasteiger partial charge in [-0.2, -0.15) is 0 Å². The maximum Gasteiger partial charge on any atom is 0.338 e. The summed E-state index contributed by atoms with van der Waals surface area (Å²) in [6, 6.07) is 11.8. The number of allylic oxidation sites excluding steroid dienone is 2. The third-order valence-corrected chi connectivity index (χ3v) is 6.91. The van der Waals surface area contributed by atoms with Gasteiger partial charge >= 0.3 is 5.97 Å². The van der Waals surface area contributed by atoms with Crippen LogP contribution in [0.2, 0.25) is 0 Å². The second-order valence-corrected chi connectivity index (χ2v) is 8.95. The number of carbonyl (C=O) groups is 4. The Labute approximate surface area is 191 Å². The number of fused-ring (bicyclic) bond motifs is 5. The summed E-state index contributed by atoms with van der Waals surface area (Å²) in [7, 11) is 0. The molecule has 3 aliphatic rings. The fourth-order valence-electron chi connectivity index (χ4n) is 5.30. The van der Waals surface area contributed by atoms with Crippen LogP contribution in [0.25, 0.3) is 0 Å². The normalized spacial score (nSPS) is 24.8. The molecule has 0 aromatic heterocycles. The summed E-state index contributed by atoms with van der Waals surface area (Å²) >= 11 is 0. The first-order valence-electron chi connectivity index (χ1n) is 11.0.